The highest BCUT2D eigenvalue weighted by molar-refractivity contribution is 8.26. The summed E-state index contributed by atoms with van der Waals surface area (Å²) in [5, 5.41) is 6.93. The number of nitrogens with zero attached hydrogens (tertiary/aromatic N) is 2. The molecule has 2 aromatic rings. The molecule has 2 heterocycles. The molecule has 0 spiro atoms. The minimum Gasteiger partial charge on any atom is -0.360 e. The largest absolute Gasteiger partial charge is 0.360 e. The lowest BCUT2D eigenvalue weighted by molar-refractivity contribution is -0.122. The van der Waals surface area contributed by atoms with Crippen molar-refractivity contribution < 1.29 is 14.1 Å². The Balaban J connectivity index is 1.55. The van der Waals surface area contributed by atoms with Crippen LogP contribution in [0.1, 0.15) is 24.2 Å². The third kappa shape index (κ3) is 4.97. The van der Waals surface area contributed by atoms with E-state index in [1.165, 1.54) is 16.7 Å². The molecule has 3 rings (SSSR count). The maximum Gasteiger partial charge on any atom is 0.266 e. The van der Waals surface area contributed by atoms with Crippen molar-refractivity contribution in [2.45, 2.75) is 19.8 Å². The topological polar surface area (TPSA) is 75.4 Å². The third-order valence-corrected chi connectivity index (χ3v) is 5.47. The highest BCUT2D eigenvalue weighted by Gasteiger charge is 2.31. The average molecular weight is 422 g/mol. The molecule has 6 nitrogen and oxygen atoms in total. The van der Waals surface area contributed by atoms with Gasteiger partial charge in [-0.15, -0.1) is 0 Å². The van der Waals surface area contributed by atoms with Crippen LogP contribution in [0.3, 0.4) is 0 Å². The van der Waals surface area contributed by atoms with Gasteiger partial charge in [0.05, 0.1) is 4.91 Å². The zero-order valence-corrected chi connectivity index (χ0v) is 16.8. The number of rotatable bonds is 6. The fourth-order valence-corrected chi connectivity index (χ4v) is 3.94. The molecule has 140 valence electrons. The highest BCUT2D eigenvalue weighted by Crippen LogP contribution is 2.33. The lowest BCUT2D eigenvalue weighted by Gasteiger charge is -2.13. The number of anilines is 1. The first-order valence-electron chi connectivity index (χ1n) is 8.17. The number of thioether (sulfide) groups is 1. The van der Waals surface area contributed by atoms with Crippen LogP contribution >= 0.6 is 35.6 Å². The van der Waals surface area contributed by atoms with E-state index in [9.17, 15) is 9.59 Å². The van der Waals surface area contributed by atoms with Crippen LogP contribution in [0.15, 0.2) is 39.8 Å². The Bertz CT molecular complexity index is 926. The van der Waals surface area contributed by atoms with Gasteiger partial charge in [-0.2, -0.15) is 0 Å². The molecule has 0 atom stereocenters. The number of amides is 2. The van der Waals surface area contributed by atoms with E-state index in [1.807, 2.05) is 18.2 Å². The maximum atomic E-state index is 12.6. The van der Waals surface area contributed by atoms with Crippen molar-refractivity contribution in [3.8, 4) is 0 Å². The lowest BCUT2D eigenvalue weighted by Crippen LogP contribution is -2.29. The van der Waals surface area contributed by atoms with Crippen LogP contribution in [-0.4, -0.2) is 32.7 Å². The highest BCUT2D eigenvalue weighted by atomic mass is 35.5. The summed E-state index contributed by atoms with van der Waals surface area (Å²) in [5.74, 6) is 0.636. The number of aromatic nitrogens is 1. The second kappa shape index (κ2) is 8.69. The second-order valence-corrected chi connectivity index (χ2v) is 7.91. The SMILES string of the molecule is Cc1cc(NC(=O)CCCN2C(=O)C(=Cc3ccccc3Cl)SC2=S)no1. The second-order valence-electron chi connectivity index (χ2n) is 5.83. The van der Waals surface area contributed by atoms with E-state index in [2.05, 4.69) is 10.5 Å². The lowest BCUT2D eigenvalue weighted by atomic mass is 10.2. The van der Waals surface area contributed by atoms with Crippen molar-refractivity contribution in [3.63, 3.8) is 0 Å². The number of nitrogens with one attached hydrogen (secondary N) is 1. The van der Waals surface area contributed by atoms with Crippen molar-refractivity contribution in [1.82, 2.24) is 10.1 Å². The molecule has 1 aromatic carbocycles. The summed E-state index contributed by atoms with van der Waals surface area (Å²) in [6.07, 6.45) is 2.46. The predicted molar refractivity (Wildman–Crippen MR) is 110 cm³/mol. The van der Waals surface area contributed by atoms with Crippen molar-refractivity contribution in [2.24, 2.45) is 0 Å². The summed E-state index contributed by atoms with van der Waals surface area (Å²) in [7, 11) is 0. The van der Waals surface area contributed by atoms with Gasteiger partial charge in [0.1, 0.15) is 10.1 Å². The number of halogens is 1. The molecule has 1 aliphatic heterocycles. The Morgan fingerprint density at radius 3 is 2.93 bits per heavy atom. The van der Waals surface area contributed by atoms with Gasteiger partial charge in [-0.05, 0) is 31.1 Å². The third-order valence-electron chi connectivity index (χ3n) is 3.75. The Morgan fingerprint density at radius 1 is 1.44 bits per heavy atom. The van der Waals surface area contributed by atoms with Crippen LogP contribution in [-0.2, 0) is 9.59 Å². The Hall–Kier alpha value is -2.16. The van der Waals surface area contributed by atoms with E-state index >= 15 is 0 Å². The smallest absolute Gasteiger partial charge is 0.266 e. The van der Waals surface area contributed by atoms with E-state index in [0.29, 0.717) is 38.8 Å². The number of benzene rings is 1. The molecular formula is C18H16ClN3O3S2. The predicted octanol–water partition coefficient (Wildman–Crippen LogP) is 4.26. The van der Waals surface area contributed by atoms with Gasteiger partial charge >= 0.3 is 0 Å². The van der Waals surface area contributed by atoms with E-state index in [0.717, 1.165) is 5.56 Å². The molecule has 0 aliphatic carbocycles. The van der Waals surface area contributed by atoms with Crippen LogP contribution < -0.4 is 5.32 Å². The van der Waals surface area contributed by atoms with Crippen molar-refractivity contribution >= 4 is 63.6 Å². The molecule has 1 fully saturated rings. The van der Waals surface area contributed by atoms with Gasteiger partial charge in [0.25, 0.3) is 5.91 Å². The van der Waals surface area contributed by atoms with Gasteiger partial charge in [-0.3, -0.25) is 14.5 Å². The molecule has 0 unspecified atom stereocenters. The standard InChI is InChI=1S/C18H16ClN3O3S2/c1-11-9-15(21-25-11)20-16(23)7-4-8-22-17(24)14(27-18(22)26)10-12-5-2-3-6-13(12)19/h2-3,5-6,9-10H,4,7-8H2,1H3,(H,20,21,23). The van der Waals surface area contributed by atoms with Gasteiger partial charge in [0, 0.05) is 24.1 Å². The Kier molecular flexibility index (Phi) is 6.30. The molecule has 1 saturated heterocycles. The summed E-state index contributed by atoms with van der Waals surface area (Å²) in [5.41, 5.74) is 0.766. The monoisotopic (exact) mass is 421 g/mol. The number of carbonyl (C=O) groups excluding carboxylic acids is 2. The van der Waals surface area contributed by atoms with Crippen LogP contribution in [0.25, 0.3) is 6.08 Å². The van der Waals surface area contributed by atoms with Gasteiger partial charge in [0.2, 0.25) is 5.91 Å². The van der Waals surface area contributed by atoms with Crippen molar-refractivity contribution in [2.75, 3.05) is 11.9 Å². The number of hydrogen-bond donors (Lipinski definition) is 1. The summed E-state index contributed by atoms with van der Waals surface area (Å²) in [6, 6.07) is 8.93. The van der Waals surface area contributed by atoms with Gasteiger partial charge in [-0.25, -0.2) is 0 Å². The molecule has 1 aromatic heterocycles. The van der Waals surface area contributed by atoms with Crippen LogP contribution in [0.5, 0.6) is 0 Å². The van der Waals surface area contributed by atoms with E-state index < -0.39 is 0 Å². The molecule has 1 aliphatic rings. The summed E-state index contributed by atoms with van der Waals surface area (Å²) >= 11 is 12.7. The Labute approximate surface area is 170 Å². The zero-order valence-electron chi connectivity index (χ0n) is 14.4. The van der Waals surface area contributed by atoms with Crippen LogP contribution in [0.2, 0.25) is 5.02 Å². The van der Waals surface area contributed by atoms with E-state index in [4.69, 9.17) is 28.3 Å². The number of thiocarbonyl (C=S) groups is 1. The maximum absolute atomic E-state index is 12.6. The van der Waals surface area contributed by atoms with Crippen molar-refractivity contribution in [3.05, 3.63) is 51.6 Å². The molecular weight excluding hydrogens is 406 g/mol. The molecule has 0 saturated carbocycles. The first-order chi connectivity index (χ1) is 12.9. The van der Waals surface area contributed by atoms with Crippen LogP contribution in [0.4, 0.5) is 5.82 Å². The van der Waals surface area contributed by atoms with E-state index in [1.54, 1.807) is 25.1 Å². The Morgan fingerprint density at radius 2 is 2.22 bits per heavy atom. The molecule has 1 N–H and O–H groups in total. The fourth-order valence-electron chi connectivity index (χ4n) is 2.45. The first-order valence-corrected chi connectivity index (χ1v) is 9.77. The van der Waals surface area contributed by atoms with Crippen molar-refractivity contribution in [1.29, 1.82) is 0 Å². The summed E-state index contributed by atoms with van der Waals surface area (Å²) < 4.78 is 5.37. The first kappa shape index (κ1) is 19.6. The number of carbonyl (C=O) groups is 2. The van der Waals surface area contributed by atoms with Gasteiger partial charge < -0.3 is 9.84 Å². The fraction of sp³-hybridized carbons (Fsp3) is 0.222. The van der Waals surface area contributed by atoms with E-state index in [-0.39, 0.29) is 18.2 Å². The van der Waals surface area contributed by atoms with Crippen LogP contribution in [0, 0.1) is 6.92 Å². The molecule has 9 heteroatoms. The number of aryl methyl sites for hydroxylation is 1. The molecule has 2 amide bonds. The summed E-state index contributed by atoms with van der Waals surface area (Å²) in [6.45, 7) is 2.11. The molecule has 0 radical (unpaired) electrons. The quantitative estimate of drug-likeness (QED) is 0.555. The minimum absolute atomic E-state index is 0.169. The average Bonchev–Trinajstić information content (AvgIpc) is 3.14. The normalized spacial score (nSPS) is 15.6. The summed E-state index contributed by atoms with van der Waals surface area (Å²) in [4.78, 5) is 26.6. The molecule has 27 heavy (non-hydrogen) atoms. The van der Waals surface area contributed by atoms with Gasteiger partial charge in [-0.1, -0.05) is 58.9 Å². The number of hydrogen-bond acceptors (Lipinski definition) is 6. The zero-order chi connectivity index (χ0) is 19.4. The van der Waals surface area contributed by atoms with Gasteiger partial charge in [0.15, 0.2) is 5.82 Å². The minimum atomic E-state index is -0.194. The molecule has 0 bridgehead atoms.